The minimum atomic E-state index is -0.00649. The van der Waals surface area contributed by atoms with E-state index in [0.717, 1.165) is 23.9 Å². The van der Waals surface area contributed by atoms with E-state index < -0.39 is 0 Å². The van der Waals surface area contributed by atoms with Crippen molar-refractivity contribution in [3.63, 3.8) is 0 Å². The number of hydrogen-bond donors (Lipinski definition) is 0. The molecule has 0 heterocycles. The van der Waals surface area contributed by atoms with Gasteiger partial charge >= 0.3 is 5.97 Å². The van der Waals surface area contributed by atoms with E-state index in [0.29, 0.717) is 13.0 Å². The zero-order chi connectivity index (χ0) is 23.0. The third kappa shape index (κ3) is 26.0. The Morgan fingerprint density at radius 2 is 0.938 bits per heavy atom. The van der Waals surface area contributed by atoms with Crippen molar-refractivity contribution in [2.24, 2.45) is 0 Å². The normalized spacial score (nSPS) is 11.4. The zero-order valence-electron chi connectivity index (χ0n) is 22.4. The fraction of sp³-hybridized carbons (Fsp3) is 0.964. The third-order valence-electron chi connectivity index (χ3n) is 6.56. The Morgan fingerprint density at radius 3 is 1.38 bits per heavy atom. The van der Waals surface area contributed by atoms with Gasteiger partial charge in [-0.1, -0.05) is 117 Å². The molecule has 0 atom stereocenters. The lowest BCUT2D eigenvalue weighted by Crippen LogP contribution is -3.00. The maximum Gasteiger partial charge on any atom is 0.305 e. The standard InChI is InChI=1S/C28H58NO2.ClH/c1-5-7-9-11-12-13-14-15-16-17-18-19-21-23-25-29(3,4)26-27-31-28(30)24-22-20-10-8-6-2;/h5-27H2,1-4H3;1H/q+1;/p-1. The van der Waals surface area contributed by atoms with E-state index in [-0.39, 0.29) is 18.4 Å². The van der Waals surface area contributed by atoms with Gasteiger partial charge in [0.05, 0.1) is 20.6 Å². The zero-order valence-corrected chi connectivity index (χ0v) is 23.2. The summed E-state index contributed by atoms with van der Waals surface area (Å²) >= 11 is 0. The van der Waals surface area contributed by atoms with Gasteiger partial charge in [-0.2, -0.15) is 0 Å². The van der Waals surface area contributed by atoms with Crippen molar-refractivity contribution in [3.05, 3.63) is 0 Å². The van der Waals surface area contributed by atoms with E-state index in [1.165, 1.54) is 116 Å². The van der Waals surface area contributed by atoms with E-state index >= 15 is 0 Å². The van der Waals surface area contributed by atoms with Gasteiger partial charge in [0.15, 0.2) is 0 Å². The summed E-state index contributed by atoms with van der Waals surface area (Å²) in [6, 6.07) is 0. The van der Waals surface area contributed by atoms with Crippen molar-refractivity contribution in [2.45, 2.75) is 142 Å². The van der Waals surface area contributed by atoms with E-state index in [1.54, 1.807) is 0 Å². The Bertz CT molecular complexity index is 388. The van der Waals surface area contributed by atoms with Gasteiger partial charge in [0.25, 0.3) is 0 Å². The van der Waals surface area contributed by atoms with Crippen molar-refractivity contribution in [2.75, 3.05) is 33.8 Å². The third-order valence-corrected chi connectivity index (χ3v) is 6.56. The molecule has 0 aliphatic carbocycles. The molecule has 0 unspecified atom stereocenters. The molecule has 0 fully saturated rings. The molecule has 0 saturated heterocycles. The first-order valence-corrected chi connectivity index (χ1v) is 14.0. The van der Waals surface area contributed by atoms with E-state index in [9.17, 15) is 4.79 Å². The maximum absolute atomic E-state index is 11.8. The van der Waals surface area contributed by atoms with Gasteiger partial charge in [-0.3, -0.25) is 4.79 Å². The van der Waals surface area contributed by atoms with Crippen molar-refractivity contribution in [1.82, 2.24) is 0 Å². The average Bonchev–Trinajstić information content (AvgIpc) is 2.73. The summed E-state index contributed by atoms with van der Waals surface area (Å²) in [5, 5.41) is 0. The molecule has 0 N–H and O–H groups in total. The van der Waals surface area contributed by atoms with Gasteiger partial charge in [-0.05, 0) is 19.3 Å². The number of hydrogen-bond acceptors (Lipinski definition) is 2. The summed E-state index contributed by atoms with van der Waals surface area (Å²) in [5.41, 5.74) is 0. The molecule has 0 rings (SSSR count). The van der Waals surface area contributed by atoms with Crippen LogP contribution >= 0.6 is 0 Å². The number of unbranched alkanes of at least 4 members (excludes halogenated alkanes) is 17. The molecule has 0 aromatic rings. The van der Waals surface area contributed by atoms with E-state index in [4.69, 9.17) is 4.74 Å². The van der Waals surface area contributed by atoms with Crippen LogP contribution in [0, 0.1) is 0 Å². The van der Waals surface area contributed by atoms with Gasteiger partial charge < -0.3 is 21.6 Å². The predicted octanol–water partition coefficient (Wildman–Crippen LogP) is 5.45. The molecule has 0 bridgehead atoms. The number of carbonyl (C=O) groups is 1. The molecule has 0 saturated carbocycles. The lowest BCUT2D eigenvalue weighted by Gasteiger charge is -2.29. The van der Waals surface area contributed by atoms with E-state index in [1.807, 2.05) is 0 Å². The topological polar surface area (TPSA) is 26.3 Å². The van der Waals surface area contributed by atoms with Crippen LogP contribution in [-0.2, 0) is 9.53 Å². The summed E-state index contributed by atoms with van der Waals surface area (Å²) in [5.74, 6) is -0.00649. The molecule has 3 nitrogen and oxygen atoms in total. The Kier molecular flexibility index (Phi) is 26.8. The second-order valence-corrected chi connectivity index (χ2v) is 10.4. The number of rotatable bonds is 24. The Balaban J connectivity index is 0. The highest BCUT2D eigenvalue weighted by atomic mass is 35.5. The molecule has 0 radical (unpaired) electrons. The fourth-order valence-corrected chi connectivity index (χ4v) is 4.20. The summed E-state index contributed by atoms with van der Waals surface area (Å²) in [6.07, 6.45) is 26.2. The van der Waals surface area contributed by atoms with Crippen LogP contribution in [0.5, 0.6) is 0 Å². The van der Waals surface area contributed by atoms with Crippen LogP contribution in [-0.4, -0.2) is 44.2 Å². The Morgan fingerprint density at radius 1 is 0.562 bits per heavy atom. The lowest BCUT2D eigenvalue weighted by atomic mass is 10.0. The van der Waals surface area contributed by atoms with Crippen LogP contribution in [0.4, 0.5) is 0 Å². The molecule has 0 aromatic carbocycles. The Hall–Kier alpha value is -0.280. The molecule has 4 heteroatoms. The largest absolute Gasteiger partial charge is 1.00 e. The van der Waals surface area contributed by atoms with Gasteiger partial charge in [0.2, 0.25) is 0 Å². The van der Waals surface area contributed by atoms with Gasteiger partial charge in [0, 0.05) is 6.42 Å². The monoisotopic (exact) mass is 475 g/mol. The minimum Gasteiger partial charge on any atom is -1.00 e. The predicted molar refractivity (Wildman–Crippen MR) is 136 cm³/mol. The highest BCUT2D eigenvalue weighted by Crippen LogP contribution is 2.13. The molecule has 0 amide bonds. The Labute approximate surface area is 208 Å². The molecular formula is C28H58ClNO2. The van der Waals surface area contributed by atoms with E-state index in [2.05, 4.69) is 27.9 Å². The number of quaternary nitrogens is 1. The summed E-state index contributed by atoms with van der Waals surface area (Å²) in [4.78, 5) is 11.8. The van der Waals surface area contributed by atoms with Crippen molar-refractivity contribution in [3.8, 4) is 0 Å². The molecular weight excluding hydrogens is 418 g/mol. The number of halogens is 1. The molecule has 0 aliphatic rings. The van der Waals surface area contributed by atoms with Crippen molar-refractivity contribution >= 4 is 5.97 Å². The minimum absolute atomic E-state index is 0. The number of nitrogens with zero attached hydrogens (tertiary/aromatic N) is 1. The average molecular weight is 476 g/mol. The molecule has 0 spiro atoms. The van der Waals surface area contributed by atoms with Crippen LogP contribution in [0.1, 0.15) is 142 Å². The molecule has 0 aliphatic heterocycles. The maximum atomic E-state index is 11.8. The number of esters is 1. The van der Waals surface area contributed by atoms with Crippen LogP contribution in [0.15, 0.2) is 0 Å². The van der Waals surface area contributed by atoms with Crippen LogP contribution in [0.2, 0.25) is 0 Å². The van der Waals surface area contributed by atoms with Crippen molar-refractivity contribution in [1.29, 1.82) is 0 Å². The van der Waals surface area contributed by atoms with Gasteiger partial charge in [-0.25, -0.2) is 0 Å². The first-order chi connectivity index (χ1) is 15.0. The molecule has 32 heavy (non-hydrogen) atoms. The van der Waals surface area contributed by atoms with Gasteiger partial charge in [0.1, 0.15) is 13.2 Å². The number of ether oxygens (including phenoxy) is 1. The summed E-state index contributed by atoms with van der Waals surface area (Å²) in [6.45, 7) is 7.19. The number of carbonyl (C=O) groups excluding carboxylic acids is 1. The fourth-order valence-electron chi connectivity index (χ4n) is 4.20. The highest BCUT2D eigenvalue weighted by Gasteiger charge is 2.15. The first kappa shape index (κ1) is 33.9. The summed E-state index contributed by atoms with van der Waals surface area (Å²) < 4.78 is 6.41. The smallest absolute Gasteiger partial charge is 0.305 e. The highest BCUT2D eigenvalue weighted by molar-refractivity contribution is 5.69. The molecule has 194 valence electrons. The number of likely N-dealkylation sites (N-methyl/N-ethyl adjacent to an activating group) is 1. The van der Waals surface area contributed by atoms with Crippen molar-refractivity contribution < 1.29 is 26.4 Å². The van der Waals surface area contributed by atoms with Gasteiger partial charge in [-0.15, -0.1) is 0 Å². The second-order valence-electron chi connectivity index (χ2n) is 10.4. The molecule has 0 aromatic heterocycles. The SMILES string of the molecule is CCCCCCCCCCCCCCCC[N+](C)(C)CCOC(=O)CCCCCCC.[Cl-]. The van der Waals surface area contributed by atoms with Crippen LogP contribution in [0.3, 0.4) is 0 Å². The summed E-state index contributed by atoms with van der Waals surface area (Å²) in [7, 11) is 4.53. The van der Waals surface area contributed by atoms with Crippen LogP contribution in [0.25, 0.3) is 0 Å². The van der Waals surface area contributed by atoms with Crippen LogP contribution < -0.4 is 12.4 Å². The second kappa shape index (κ2) is 25.3. The quantitative estimate of drug-likeness (QED) is 0.105. The first-order valence-electron chi connectivity index (χ1n) is 14.0. The lowest BCUT2D eigenvalue weighted by molar-refractivity contribution is -0.890.